The molecule has 2 N–H and O–H groups in total. The molecule has 9 nitrogen and oxygen atoms in total. The first kappa shape index (κ1) is 20.4. The van der Waals surface area contributed by atoms with Crippen molar-refractivity contribution in [3.8, 4) is 5.75 Å². The number of nitrogens with zero attached hydrogens (tertiary/aromatic N) is 2. The number of nitrogens with one attached hydrogen (secondary N) is 1. The second-order valence-corrected chi connectivity index (χ2v) is 9.08. The van der Waals surface area contributed by atoms with Gasteiger partial charge in [-0.1, -0.05) is 11.3 Å². The predicted molar refractivity (Wildman–Crippen MR) is 102 cm³/mol. The summed E-state index contributed by atoms with van der Waals surface area (Å²) in [5.41, 5.74) is 0.284. The number of thiazole rings is 1. The number of rotatable bonds is 5. The quantitative estimate of drug-likeness (QED) is 0.697. The molecule has 11 heteroatoms. The molecular formula is C17H19N3O6S2. The molecule has 0 bridgehead atoms. The fraction of sp³-hybridized carbons (Fsp3) is 0.353. The number of hydrogen-bond donors (Lipinski definition) is 2. The Labute approximate surface area is 166 Å². The van der Waals surface area contributed by atoms with Crippen LogP contribution in [0.3, 0.4) is 0 Å². The van der Waals surface area contributed by atoms with E-state index < -0.39 is 15.9 Å². The second-order valence-electron chi connectivity index (χ2n) is 6.14. The van der Waals surface area contributed by atoms with Crippen molar-refractivity contribution in [2.75, 3.05) is 31.6 Å². The first-order valence-electron chi connectivity index (χ1n) is 8.41. The maximum absolute atomic E-state index is 12.8. The molecule has 1 amide bonds. The van der Waals surface area contributed by atoms with Crippen molar-refractivity contribution in [2.24, 2.45) is 0 Å². The number of benzene rings is 1. The maximum Gasteiger partial charge on any atom is 0.261 e. The number of aromatic nitrogens is 1. The van der Waals surface area contributed by atoms with Gasteiger partial charge in [0.25, 0.3) is 5.91 Å². The molecule has 1 aromatic carbocycles. The Morgan fingerprint density at radius 3 is 2.57 bits per heavy atom. The fourth-order valence-electron chi connectivity index (χ4n) is 2.73. The molecule has 150 valence electrons. The summed E-state index contributed by atoms with van der Waals surface area (Å²) in [7, 11) is -3.82. The average molecular weight is 425 g/mol. The van der Waals surface area contributed by atoms with Gasteiger partial charge in [0.2, 0.25) is 10.0 Å². The first-order valence-corrected chi connectivity index (χ1v) is 10.7. The summed E-state index contributed by atoms with van der Waals surface area (Å²) in [6, 6.07) is 3.54. The fourth-order valence-corrected chi connectivity index (χ4v) is 5.03. The highest BCUT2D eigenvalue weighted by Gasteiger charge is 2.28. The van der Waals surface area contributed by atoms with Crippen LogP contribution in [0.15, 0.2) is 23.1 Å². The lowest BCUT2D eigenvalue weighted by molar-refractivity contribution is 0.0730. The average Bonchev–Trinajstić information content (AvgIpc) is 3.03. The Balaban J connectivity index is 1.87. The van der Waals surface area contributed by atoms with E-state index in [-0.39, 0.29) is 40.2 Å². The number of morpholine rings is 1. The Kier molecular flexibility index (Phi) is 5.79. The summed E-state index contributed by atoms with van der Waals surface area (Å²) in [5.74, 6) is -1.25. The van der Waals surface area contributed by atoms with Gasteiger partial charge >= 0.3 is 0 Å². The van der Waals surface area contributed by atoms with E-state index in [0.29, 0.717) is 23.8 Å². The van der Waals surface area contributed by atoms with Crippen LogP contribution in [0.25, 0.3) is 0 Å². The van der Waals surface area contributed by atoms with Gasteiger partial charge in [0, 0.05) is 20.0 Å². The van der Waals surface area contributed by atoms with Crippen LogP contribution in [-0.2, 0) is 14.8 Å². The van der Waals surface area contributed by atoms with E-state index in [2.05, 4.69) is 10.3 Å². The third kappa shape index (κ3) is 4.07. The van der Waals surface area contributed by atoms with E-state index >= 15 is 0 Å². The van der Waals surface area contributed by atoms with E-state index in [1.165, 1.54) is 17.3 Å². The lowest BCUT2D eigenvalue weighted by Crippen LogP contribution is -2.40. The molecule has 1 aromatic heterocycles. The zero-order chi connectivity index (χ0) is 20.5. The minimum atomic E-state index is -3.82. The molecule has 1 aliphatic rings. The topological polar surface area (TPSA) is 126 Å². The highest BCUT2D eigenvalue weighted by molar-refractivity contribution is 7.89. The molecule has 1 fully saturated rings. The summed E-state index contributed by atoms with van der Waals surface area (Å²) >= 11 is 1.01. The van der Waals surface area contributed by atoms with Gasteiger partial charge in [-0.3, -0.25) is 14.9 Å². The first-order chi connectivity index (χ1) is 13.2. The molecule has 2 heterocycles. The molecular weight excluding hydrogens is 406 g/mol. The third-order valence-electron chi connectivity index (χ3n) is 4.16. The number of aryl methyl sites for hydroxylation is 1. The second kappa shape index (κ2) is 7.95. The van der Waals surface area contributed by atoms with E-state index in [9.17, 15) is 23.1 Å². The SMILES string of the molecule is CC(=O)c1sc(NC(=O)c2cc(S(=O)(=O)N3CCOCC3)ccc2O)nc1C. The van der Waals surface area contributed by atoms with Crippen LogP contribution < -0.4 is 5.32 Å². The van der Waals surface area contributed by atoms with Crippen LogP contribution in [0.1, 0.15) is 32.6 Å². The highest BCUT2D eigenvalue weighted by Crippen LogP contribution is 2.27. The van der Waals surface area contributed by atoms with Gasteiger partial charge in [0.1, 0.15) is 5.75 Å². The number of phenols is 1. The van der Waals surface area contributed by atoms with Gasteiger partial charge in [-0.25, -0.2) is 13.4 Å². The van der Waals surface area contributed by atoms with Crippen LogP contribution >= 0.6 is 11.3 Å². The maximum atomic E-state index is 12.8. The summed E-state index contributed by atoms with van der Waals surface area (Å²) in [5, 5.41) is 12.7. The number of sulfonamides is 1. The molecule has 3 rings (SSSR count). The smallest absolute Gasteiger partial charge is 0.261 e. The predicted octanol–water partition coefficient (Wildman–Crippen LogP) is 1.63. The Bertz CT molecular complexity index is 1030. The van der Waals surface area contributed by atoms with Crippen molar-refractivity contribution in [1.82, 2.24) is 9.29 Å². The summed E-state index contributed by atoms with van der Waals surface area (Å²) in [6.45, 7) is 4.08. The van der Waals surface area contributed by atoms with Crippen molar-refractivity contribution in [1.29, 1.82) is 0 Å². The molecule has 0 spiro atoms. The van der Waals surface area contributed by atoms with Crippen molar-refractivity contribution in [2.45, 2.75) is 18.7 Å². The van der Waals surface area contributed by atoms with Gasteiger partial charge in [0.15, 0.2) is 10.9 Å². The van der Waals surface area contributed by atoms with Gasteiger partial charge in [-0.2, -0.15) is 4.31 Å². The molecule has 0 atom stereocenters. The van der Waals surface area contributed by atoms with Gasteiger partial charge < -0.3 is 9.84 Å². The number of amides is 1. The number of anilines is 1. The Morgan fingerprint density at radius 1 is 1.29 bits per heavy atom. The number of ketones is 1. The number of Topliss-reactive ketones (excluding diaryl/α,β-unsaturated/α-hetero) is 1. The number of carbonyl (C=O) groups is 2. The van der Waals surface area contributed by atoms with Gasteiger partial charge in [0.05, 0.1) is 34.2 Å². The standard InChI is InChI=1S/C17H19N3O6S2/c1-10-15(11(2)21)27-17(18-10)19-16(23)13-9-12(3-4-14(13)22)28(24,25)20-5-7-26-8-6-20/h3-4,9,22H,5-8H2,1-2H3,(H,18,19,23). The molecule has 0 saturated carbocycles. The summed E-state index contributed by atoms with van der Waals surface area (Å²) in [6.07, 6.45) is 0. The number of aromatic hydroxyl groups is 1. The van der Waals surface area contributed by atoms with Crippen molar-refractivity contribution < 1.29 is 27.9 Å². The molecule has 0 unspecified atom stereocenters. The largest absolute Gasteiger partial charge is 0.507 e. The van der Waals surface area contributed by atoms with Crippen molar-refractivity contribution in [3.63, 3.8) is 0 Å². The molecule has 1 saturated heterocycles. The van der Waals surface area contributed by atoms with Gasteiger partial charge in [-0.05, 0) is 25.1 Å². The Morgan fingerprint density at radius 2 is 1.96 bits per heavy atom. The van der Waals surface area contributed by atoms with Crippen LogP contribution in [0.5, 0.6) is 5.75 Å². The summed E-state index contributed by atoms with van der Waals surface area (Å²) < 4.78 is 32.0. The van der Waals surface area contributed by atoms with E-state index in [0.717, 1.165) is 23.5 Å². The van der Waals surface area contributed by atoms with Crippen LogP contribution in [-0.4, -0.2) is 60.8 Å². The lowest BCUT2D eigenvalue weighted by Gasteiger charge is -2.26. The molecule has 0 radical (unpaired) electrons. The van der Waals surface area contributed by atoms with Crippen LogP contribution in [0, 0.1) is 6.92 Å². The molecule has 1 aliphatic heterocycles. The number of phenolic OH excluding ortho intramolecular Hbond substituents is 1. The number of ether oxygens (including phenoxy) is 1. The lowest BCUT2D eigenvalue weighted by atomic mass is 10.2. The van der Waals surface area contributed by atoms with Crippen LogP contribution in [0.2, 0.25) is 0 Å². The van der Waals surface area contributed by atoms with Gasteiger partial charge in [-0.15, -0.1) is 0 Å². The number of carbonyl (C=O) groups excluding carboxylic acids is 2. The monoisotopic (exact) mass is 425 g/mol. The molecule has 28 heavy (non-hydrogen) atoms. The molecule has 2 aromatic rings. The zero-order valence-electron chi connectivity index (χ0n) is 15.3. The number of hydrogen-bond acceptors (Lipinski definition) is 8. The molecule has 0 aliphatic carbocycles. The van der Waals surface area contributed by atoms with Crippen LogP contribution in [0.4, 0.5) is 5.13 Å². The summed E-state index contributed by atoms with van der Waals surface area (Å²) in [4.78, 5) is 28.5. The minimum absolute atomic E-state index is 0.0999. The van der Waals surface area contributed by atoms with Crippen molar-refractivity contribution in [3.05, 3.63) is 34.3 Å². The van der Waals surface area contributed by atoms with E-state index in [4.69, 9.17) is 4.74 Å². The zero-order valence-corrected chi connectivity index (χ0v) is 16.9. The van der Waals surface area contributed by atoms with E-state index in [1.54, 1.807) is 6.92 Å². The normalized spacial score (nSPS) is 15.4. The Hall–Kier alpha value is -2.34. The minimum Gasteiger partial charge on any atom is -0.507 e. The highest BCUT2D eigenvalue weighted by atomic mass is 32.2. The van der Waals surface area contributed by atoms with E-state index in [1.807, 2.05) is 0 Å². The third-order valence-corrected chi connectivity index (χ3v) is 7.23. The van der Waals surface area contributed by atoms with Crippen molar-refractivity contribution >= 4 is 38.2 Å².